The van der Waals surface area contributed by atoms with E-state index in [1.54, 1.807) is 24.3 Å². The van der Waals surface area contributed by atoms with Crippen molar-refractivity contribution in [1.29, 1.82) is 0 Å². The molecule has 0 fully saturated rings. The topological polar surface area (TPSA) is 74.8 Å². The van der Waals surface area contributed by atoms with Gasteiger partial charge in [-0.1, -0.05) is 58.7 Å². The van der Waals surface area contributed by atoms with Crippen LogP contribution in [0.15, 0.2) is 58.5 Å². The standard InChI is InChI=1S/C19H14Cl3N3O2S/c20-12-3-1-2-11(6-12)10-28-19-24-14(9-18(27)25-19)8-17(26)23-13-4-5-15(21)16(22)7-13/h1-7,9H,8,10H2,(H,23,26)(H,24,25,27). The summed E-state index contributed by atoms with van der Waals surface area (Å²) in [6, 6.07) is 13.5. The molecule has 2 aromatic carbocycles. The highest BCUT2D eigenvalue weighted by molar-refractivity contribution is 7.98. The Labute approximate surface area is 180 Å². The van der Waals surface area contributed by atoms with Gasteiger partial charge in [0.05, 0.1) is 22.2 Å². The molecule has 0 bridgehead atoms. The first-order chi connectivity index (χ1) is 13.4. The number of hydrogen-bond acceptors (Lipinski definition) is 4. The van der Waals surface area contributed by atoms with Crippen molar-refractivity contribution < 1.29 is 4.79 Å². The van der Waals surface area contributed by atoms with Crippen LogP contribution in [0.5, 0.6) is 0 Å². The average Bonchev–Trinajstić information content (AvgIpc) is 2.63. The highest BCUT2D eigenvalue weighted by atomic mass is 35.5. The number of aromatic amines is 1. The van der Waals surface area contributed by atoms with Crippen LogP contribution in [0.2, 0.25) is 15.1 Å². The summed E-state index contributed by atoms with van der Waals surface area (Å²) >= 11 is 19.1. The third-order valence-corrected chi connectivity index (χ3v) is 5.50. The van der Waals surface area contributed by atoms with Crippen LogP contribution < -0.4 is 10.9 Å². The van der Waals surface area contributed by atoms with Crippen LogP contribution in [-0.2, 0) is 17.0 Å². The molecule has 0 spiro atoms. The SMILES string of the molecule is O=C(Cc1cc(=O)[nH]c(SCc2cccc(Cl)c2)n1)Nc1ccc(Cl)c(Cl)c1. The van der Waals surface area contributed by atoms with Crippen LogP contribution in [-0.4, -0.2) is 15.9 Å². The summed E-state index contributed by atoms with van der Waals surface area (Å²) in [6.07, 6.45) is -0.0467. The van der Waals surface area contributed by atoms with Gasteiger partial charge in [0.15, 0.2) is 5.16 Å². The Kier molecular flexibility index (Phi) is 7.02. The fourth-order valence-corrected chi connectivity index (χ4v) is 3.71. The zero-order chi connectivity index (χ0) is 20.1. The number of carbonyl (C=O) groups excluding carboxylic acids is 1. The van der Waals surface area contributed by atoms with Crippen molar-refractivity contribution in [1.82, 2.24) is 9.97 Å². The van der Waals surface area contributed by atoms with Crippen LogP contribution >= 0.6 is 46.6 Å². The van der Waals surface area contributed by atoms with Gasteiger partial charge in [0.2, 0.25) is 5.91 Å². The van der Waals surface area contributed by atoms with Crippen molar-refractivity contribution in [3.8, 4) is 0 Å². The molecule has 28 heavy (non-hydrogen) atoms. The molecule has 0 radical (unpaired) electrons. The molecule has 3 rings (SSSR count). The molecule has 144 valence electrons. The van der Waals surface area contributed by atoms with Gasteiger partial charge in [-0.05, 0) is 35.9 Å². The van der Waals surface area contributed by atoms with E-state index >= 15 is 0 Å². The van der Waals surface area contributed by atoms with Crippen LogP contribution in [0, 0.1) is 0 Å². The Morgan fingerprint density at radius 1 is 1.07 bits per heavy atom. The summed E-state index contributed by atoms with van der Waals surface area (Å²) in [5.74, 6) is 0.268. The van der Waals surface area contributed by atoms with Crippen molar-refractivity contribution in [3.63, 3.8) is 0 Å². The lowest BCUT2D eigenvalue weighted by atomic mass is 10.2. The van der Waals surface area contributed by atoms with Gasteiger partial charge in [-0.3, -0.25) is 9.59 Å². The summed E-state index contributed by atoms with van der Waals surface area (Å²) < 4.78 is 0. The van der Waals surface area contributed by atoms with E-state index in [0.29, 0.717) is 37.4 Å². The second-order valence-electron chi connectivity index (χ2n) is 5.81. The minimum Gasteiger partial charge on any atom is -0.326 e. The fraction of sp³-hybridized carbons (Fsp3) is 0.105. The number of aromatic nitrogens is 2. The fourth-order valence-electron chi connectivity index (χ4n) is 2.36. The highest BCUT2D eigenvalue weighted by Gasteiger charge is 2.10. The van der Waals surface area contributed by atoms with E-state index in [2.05, 4.69) is 15.3 Å². The Morgan fingerprint density at radius 2 is 1.89 bits per heavy atom. The van der Waals surface area contributed by atoms with Crippen molar-refractivity contribution in [2.24, 2.45) is 0 Å². The third-order valence-electron chi connectivity index (χ3n) is 3.58. The molecular formula is C19H14Cl3N3O2S. The number of halogens is 3. The van der Waals surface area contributed by atoms with Crippen molar-refractivity contribution in [3.05, 3.63) is 85.2 Å². The first kappa shape index (κ1) is 20.7. The predicted molar refractivity (Wildman–Crippen MR) is 115 cm³/mol. The maximum Gasteiger partial charge on any atom is 0.251 e. The van der Waals surface area contributed by atoms with Gasteiger partial charge >= 0.3 is 0 Å². The number of nitrogens with one attached hydrogen (secondary N) is 2. The smallest absolute Gasteiger partial charge is 0.251 e. The quantitative estimate of drug-likeness (QED) is 0.396. The summed E-state index contributed by atoms with van der Waals surface area (Å²) in [5, 5.41) is 4.53. The zero-order valence-electron chi connectivity index (χ0n) is 14.3. The second-order valence-corrected chi connectivity index (χ2v) is 8.03. The molecule has 0 unspecified atom stereocenters. The Hall–Kier alpha value is -1.99. The molecule has 2 N–H and O–H groups in total. The Balaban J connectivity index is 1.66. The lowest BCUT2D eigenvalue weighted by molar-refractivity contribution is -0.115. The molecule has 3 aromatic rings. The zero-order valence-corrected chi connectivity index (χ0v) is 17.4. The number of thioether (sulfide) groups is 1. The number of rotatable bonds is 6. The van der Waals surface area contributed by atoms with Crippen molar-refractivity contribution >= 4 is 58.2 Å². The van der Waals surface area contributed by atoms with Gasteiger partial charge in [-0.25, -0.2) is 4.98 Å². The second kappa shape index (κ2) is 9.47. The minimum absolute atomic E-state index is 0.0467. The molecule has 0 atom stereocenters. The highest BCUT2D eigenvalue weighted by Crippen LogP contribution is 2.25. The van der Waals surface area contributed by atoms with E-state index in [1.807, 2.05) is 18.2 Å². The van der Waals surface area contributed by atoms with E-state index in [9.17, 15) is 9.59 Å². The molecule has 1 heterocycles. The third kappa shape index (κ3) is 6.01. The van der Waals surface area contributed by atoms with Gasteiger partial charge in [-0.15, -0.1) is 0 Å². The Morgan fingerprint density at radius 3 is 2.64 bits per heavy atom. The van der Waals surface area contributed by atoms with E-state index in [-0.39, 0.29) is 17.9 Å². The van der Waals surface area contributed by atoms with Gasteiger partial charge in [0.25, 0.3) is 5.56 Å². The van der Waals surface area contributed by atoms with E-state index in [0.717, 1.165) is 5.56 Å². The van der Waals surface area contributed by atoms with Gasteiger partial charge in [0.1, 0.15) is 0 Å². The first-order valence-electron chi connectivity index (χ1n) is 8.11. The number of carbonyl (C=O) groups is 1. The van der Waals surface area contributed by atoms with Crippen LogP contribution in [0.3, 0.4) is 0 Å². The van der Waals surface area contributed by atoms with Crippen molar-refractivity contribution in [2.75, 3.05) is 5.32 Å². The molecule has 1 amide bonds. The number of nitrogens with zero attached hydrogens (tertiary/aromatic N) is 1. The van der Waals surface area contributed by atoms with E-state index < -0.39 is 0 Å². The molecular weight excluding hydrogens is 441 g/mol. The Bertz CT molecular complexity index is 1070. The van der Waals surface area contributed by atoms with Crippen molar-refractivity contribution in [2.45, 2.75) is 17.3 Å². The summed E-state index contributed by atoms with van der Waals surface area (Å²) in [6.45, 7) is 0. The summed E-state index contributed by atoms with van der Waals surface area (Å²) in [7, 11) is 0. The number of amides is 1. The molecule has 0 saturated heterocycles. The molecule has 5 nitrogen and oxygen atoms in total. The molecule has 9 heteroatoms. The largest absolute Gasteiger partial charge is 0.326 e. The molecule has 0 aliphatic carbocycles. The van der Waals surface area contributed by atoms with Gasteiger partial charge < -0.3 is 10.3 Å². The van der Waals surface area contributed by atoms with Gasteiger partial charge in [-0.2, -0.15) is 0 Å². The minimum atomic E-state index is -0.319. The number of H-pyrrole nitrogens is 1. The van der Waals surface area contributed by atoms with Gasteiger partial charge in [0, 0.05) is 22.5 Å². The summed E-state index contributed by atoms with van der Waals surface area (Å²) in [5.41, 5.74) is 1.57. The lowest BCUT2D eigenvalue weighted by Crippen LogP contribution is -2.18. The molecule has 1 aromatic heterocycles. The summed E-state index contributed by atoms with van der Waals surface area (Å²) in [4.78, 5) is 31.2. The number of benzene rings is 2. The molecule has 0 saturated carbocycles. The maximum absolute atomic E-state index is 12.3. The molecule has 0 aliphatic rings. The average molecular weight is 455 g/mol. The van der Waals surface area contributed by atoms with Crippen LogP contribution in [0.4, 0.5) is 5.69 Å². The normalized spacial score (nSPS) is 10.7. The van der Waals surface area contributed by atoms with Crippen LogP contribution in [0.1, 0.15) is 11.3 Å². The van der Waals surface area contributed by atoms with E-state index in [4.69, 9.17) is 34.8 Å². The maximum atomic E-state index is 12.3. The number of hydrogen-bond donors (Lipinski definition) is 2. The van der Waals surface area contributed by atoms with Crippen LogP contribution in [0.25, 0.3) is 0 Å². The number of anilines is 1. The molecule has 0 aliphatic heterocycles. The predicted octanol–water partition coefficient (Wildman–Crippen LogP) is 5.20. The first-order valence-corrected chi connectivity index (χ1v) is 10.2. The van der Waals surface area contributed by atoms with E-state index in [1.165, 1.54) is 17.8 Å². The monoisotopic (exact) mass is 453 g/mol. The lowest BCUT2D eigenvalue weighted by Gasteiger charge is -2.07.